The smallest absolute Gasteiger partial charge is 0.134 e. The number of benzene rings is 3. The zero-order chi connectivity index (χ0) is 21.4. The molecule has 0 fully saturated rings. The fourth-order valence-corrected chi connectivity index (χ4v) is 3.49. The highest BCUT2D eigenvalue weighted by Crippen LogP contribution is 2.44. The van der Waals surface area contributed by atoms with Crippen molar-refractivity contribution in [3.8, 4) is 22.6 Å². The van der Waals surface area contributed by atoms with Gasteiger partial charge in [0.15, 0.2) is 0 Å². The molecule has 3 aromatic carbocycles. The molecule has 0 radical (unpaired) electrons. The summed E-state index contributed by atoms with van der Waals surface area (Å²) in [7, 11) is 0. The molecular weight excluding hydrogens is 352 g/mol. The van der Waals surface area contributed by atoms with Gasteiger partial charge in [-0.2, -0.15) is 0 Å². The zero-order valence-electron chi connectivity index (χ0n) is 19.2. The molecule has 0 saturated carbocycles. The maximum atomic E-state index is 6.56. The number of ether oxygens (including phenoxy) is 1. The summed E-state index contributed by atoms with van der Waals surface area (Å²) in [5.41, 5.74) is 7.40. The molecule has 0 N–H and O–H groups in total. The molecule has 0 aromatic heterocycles. The van der Waals surface area contributed by atoms with Gasteiger partial charge in [-0.05, 0) is 60.1 Å². The van der Waals surface area contributed by atoms with Crippen molar-refractivity contribution in [3.63, 3.8) is 0 Å². The first-order valence-corrected chi connectivity index (χ1v) is 10.5. The first kappa shape index (κ1) is 21.2. The van der Waals surface area contributed by atoms with Gasteiger partial charge in [0.25, 0.3) is 0 Å². The maximum Gasteiger partial charge on any atom is 0.134 e. The summed E-state index contributed by atoms with van der Waals surface area (Å²) in [6.07, 6.45) is 0. The van der Waals surface area contributed by atoms with Crippen LogP contribution in [0.5, 0.6) is 11.5 Å². The quantitative estimate of drug-likeness (QED) is 0.439. The molecule has 3 rings (SSSR count). The van der Waals surface area contributed by atoms with Crippen LogP contribution in [-0.2, 0) is 10.8 Å². The predicted molar refractivity (Wildman–Crippen MR) is 125 cm³/mol. The highest BCUT2D eigenvalue weighted by molar-refractivity contribution is 5.69. The van der Waals surface area contributed by atoms with Crippen molar-refractivity contribution in [3.05, 3.63) is 82.9 Å². The summed E-state index contributed by atoms with van der Waals surface area (Å²) in [4.78, 5) is 0. The minimum Gasteiger partial charge on any atom is -0.457 e. The SMILES string of the molecule is Cc1ccc(Oc2c(C(C)(C)C)cc(-c3ccc(C)cc3)cc2C(C)(C)C)cc1. The van der Waals surface area contributed by atoms with E-state index in [-0.39, 0.29) is 10.8 Å². The van der Waals surface area contributed by atoms with Gasteiger partial charge in [-0.15, -0.1) is 0 Å². The van der Waals surface area contributed by atoms with E-state index in [0.717, 1.165) is 11.5 Å². The molecule has 1 heteroatoms. The number of hydrogen-bond donors (Lipinski definition) is 0. The average molecular weight is 387 g/mol. The van der Waals surface area contributed by atoms with E-state index in [0.29, 0.717) is 0 Å². The van der Waals surface area contributed by atoms with Crippen LogP contribution in [0.2, 0.25) is 0 Å². The van der Waals surface area contributed by atoms with Gasteiger partial charge >= 0.3 is 0 Å². The van der Waals surface area contributed by atoms with Gasteiger partial charge in [0.2, 0.25) is 0 Å². The monoisotopic (exact) mass is 386 g/mol. The fraction of sp³-hybridized carbons (Fsp3) is 0.357. The third-order valence-electron chi connectivity index (χ3n) is 5.33. The maximum absolute atomic E-state index is 6.56. The van der Waals surface area contributed by atoms with Crippen molar-refractivity contribution < 1.29 is 4.74 Å². The second kappa shape index (κ2) is 7.71. The van der Waals surface area contributed by atoms with Crippen LogP contribution in [0.4, 0.5) is 0 Å². The standard InChI is InChI=1S/C28H34O/c1-19-9-13-21(14-10-19)22-17-24(27(3,4)5)26(25(18-22)28(6,7)8)29-23-15-11-20(2)12-16-23/h9-18H,1-8H3. The van der Waals surface area contributed by atoms with Crippen molar-refractivity contribution in [1.82, 2.24) is 0 Å². The Kier molecular flexibility index (Phi) is 5.63. The van der Waals surface area contributed by atoms with Gasteiger partial charge in [0, 0.05) is 11.1 Å². The Hall–Kier alpha value is -2.54. The van der Waals surface area contributed by atoms with Gasteiger partial charge in [0.05, 0.1) is 0 Å². The third-order valence-corrected chi connectivity index (χ3v) is 5.33. The van der Waals surface area contributed by atoms with Gasteiger partial charge < -0.3 is 4.74 Å². The van der Waals surface area contributed by atoms with Crippen LogP contribution in [0.1, 0.15) is 63.8 Å². The van der Waals surface area contributed by atoms with Gasteiger partial charge in [0.1, 0.15) is 11.5 Å². The Morgan fingerprint density at radius 2 is 0.966 bits per heavy atom. The molecule has 0 unspecified atom stereocenters. The van der Waals surface area contributed by atoms with Gasteiger partial charge in [-0.1, -0.05) is 89.1 Å². The normalized spacial score (nSPS) is 12.1. The molecule has 0 saturated heterocycles. The van der Waals surface area contributed by atoms with Crippen LogP contribution in [-0.4, -0.2) is 0 Å². The Bertz CT molecular complexity index is 943. The van der Waals surface area contributed by atoms with Crippen LogP contribution < -0.4 is 4.74 Å². The highest BCUT2D eigenvalue weighted by atomic mass is 16.5. The first-order chi connectivity index (χ1) is 13.4. The number of aryl methyl sites for hydroxylation is 2. The Morgan fingerprint density at radius 3 is 1.38 bits per heavy atom. The molecular formula is C28H34O. The Morgan fingerprint density at radius 1 is 0.552 bits per heavy atom. The van der Waals surface area contributed by atoms with Crippen LogP contribution in [0.3, 0.4) is 0 Å². The summed E-state index contributed by atoms with van der Waals surface area (Å²) in [5.74, 6) is 1.87. The minimum absolute atomic E-state index is 0.0409. The summed E-state index contributed by atoms with van der Waals surface area (Å²) in [5, 5.41) is 0. The van der Waals surface area contributed by atoms with Crippen molar-refractivity contribution in [2.45, 2.75) is 66.2 Å². The lowest BCUT2D eigenvalue weighted by Crippen LogP contribution is -2.19. The summed E-state index contributed by atoms with van der Waals surface area (Å²) in [6.45, 7) is 17.8. The number of rotatable bonds is 3. The van der Waals surface area contributed by atoms with E-state index in [1.807, 2.05) is 0 Å². The molecule has 1 nitrogen and oxygen atoms in total. The largest absolute Gasteiger partial charge is 0.457 e. The fourth-order valence-electron chi connectivity index (χ4n) is 3.49. The molecule has 152 valence electrons. The molecule has 0 atom stereocenters. The van der Waals surface area contributed by atoms with Crippen LogP contribution in [0.25, 0.3) is 11.1 Å². The first-order valence-electron chi connectivity index (χ1n) is 10.5. The van der Waals surface area contributed by atoms with E-state index in [1.165, 1.54) is 33.4 Å². The Labute approximate surface area is 176 Å². The van der Waals surface area contributed by atoms with Crippen LogP contribution >= 0.6 is 0 Å². The lowest BCUT2D eigenvalue weighted by molar-refractivity contribution is 0.433. The summed E-state index contributed by atoms with van der Waals surface area (Å²) in [6, 6.07) is 21.7. The molecule has 0 aliphatic heterocycles. The van der Waals surface area contributed by atoms with E-state index in [9.17, 15) is 0 Å². The summed E-state index contributed by atoms with van der Waals surface area (Å²) < 4.78 is 6.56. The van der Waals surface area contributed by atoms with E-state index in [2.05, 4.69) is 116 Å². The molecule has 0 aliphatic carbocycles. The number of hydrogen-bond acceptors (Lipinski definition) is 1. The second-order valence-corrected chi connectivity index (χ2v) is 10.2. The van der Waals surface area contributed by atoms with Crippen molar-refractivity contribution in [1.29, 1.82) is 0 Å². The van der Waals surface area contributed by atoms with E-state index < -0.39 is 0 Å². The minimum atomic E-state index is -0.0409. The molecule has 0 amide bonds. The second-order valence-electron chi connectivity index (χ2n) is 10.2. The molecule has 0 bridgehead atoms. The van der Waals surface area contributed by atoms with Gasteiger partial charge in [-0.3, -0.25) is 0 Å². The average Bonchev–Trinajstić information content (AvgIpc) is 2.62. The topological polar surface area (TPSA) is 9.23 Å². The van der Waals surface area contributed by atoms with Crippen LogP contribution in [0, 0.1) is 13.8 Å². The lowest BCUT2D eigenvalue weighted by atomic mass is 9.77. The lowest BCUT2D eigenvalue weighted by Gasteiger charge is -2.30. The molecule has 0 aliphatic rings. The molecule has 29 heavy (non-hydrogen) atoms. The van der Waals surface area contributed by atoms with E-state index >= 15 is 0 Å². The third kappa shape index (κ3) is 4.90. The van der Waals surface area contributed by atoms with Gasteiger partial charge in [-0.25, -0.2) is 0 Å². The molecule has 0 spiro atoms. The van der Waals surface area contributed by atoms with E-state index in [1.54, 1.807) is 0 Å². The zero-order valence-corrected chi connectivity index (χ0v) is 19.2. The van der Waals surface area contributed by atoms with Crippen molar-refractivity contribution >= 4 is 0 Å². The van der Waals surface area contributed by atoms with Crippen molar-refractivity contribution in [2.75, 3.05) is 0 Å². The van der Waals surface area contributed by atoms with Crippen LogP contribution in [0.15, 0.2) is 60.7 Å². The predicted octanol–water partition coefficient (Wildman–Crippen LogP) is 8.36. The molecule has 0 heterocycles. The van der Waals surface area contributed by atoms with E-state index in [4.69, 9.17) is 4.74 Å². The van der Waals surface area contributed by atoms with Crippen molar-refractivity contribution in [2.24, 2.45) is 0 Å². The summed E-state index contributed by atoms with van der Waals surface area (Å²) >= 11 is 0. The molecule has 3 aromatic rings. The Balaban J connectivity index is 2.24. The highest BCUT2D eigenvalue weighted by Gasteiger charge is 2.28.